The van der Waals surface area contributed by atoms with E-state index in [0.717, 1.165) is 19.5 Å². The summed E-state index contributed by atoms with van der Waals surface area (Å²) in [6, 6.07) is 0.202. The van der Waals surface area contributed by atoms with Crippen LogP contribution in [0.4, 0.5) is 0 Å². The highest BCUT2D eigenvalue weighted by Crippen LogP contribution is 2.11. The molecule has 0 aliphatic rings. The highest BCUT2D eigenvalue weighted by Gasteiger charge is 2.22. The summed E-state index contributed by atoms with van der Waals surface area (Å²) in [5.74, 6) is 0.669. The molecule has 0 saturated heterocycles. The van der Waals surface area contributed by atoms with Crippen LogP contribution in [0.25, 0.3) is 0 Å². The monoisotopic (exact) mass is 216 g/mol. The SMILES string of the molecule is CCC(C)CN(CC)C(CO)C(N)CC. The largest absolute Gasteiger partial charge is 0.395 e. The molecule has 0 spiro atoms. The van der Waals surface area contributed by atoms with Crippen molar-refractivity contribution in [2.45, 2.75) is 52.6 Å². The molecule has 0 aliphatic carbocycles. The van der Waals surface area contributed by atoms with Crippen molar-refractivity contribution in [3.63, 3.8) is 0 Å². The zero-order chi connectivity index (χ0) is 11.8. The second-order valence-electron chi connectivity index (χ2n) is 4.42. The Morgan fingerprint density at radius 2 is 1.80 bits per heavy atom. The maximum atomic E-state index is 9.39. The molecule has 3 unspecified atom stereocenters. The van der Waals surface area contributed by atoms with Crippen LogP contribution in [0.15, 0.2) is 0 Å². The van der Waals surface area contributed by atoms with Crippen molar-refractivity contribution in [3.05, 3.63) is 0 Å². The van der Waals surface area contributed by atoms with E-state index in [4.69, 9.17) is 5.73 Å². The molecule has 0 aromatic heterocycles. The van der Waals surface area contributed by atoms with Gasteiger partial charge in [-0.05, 0) is 18.9 Å². The Hall–Kier alpha value is -0.120. The van der Waals surface area contributed by atoms with Gasteiger partial charge >= 0.3 is 0 Å². The zero-order valence-electron chi connectivity index (χ0n) is 10.7. The predicted molar refractivity (Wildman–Crippen MR) is 65.8 cm³/mol. The molecule has 0 heterocycles. The molecule has 15 heavy (non-hydrogen) atoms. The molecular formula is C12H28N2O. The van der Waals surface area contributed by atoms with Gasteiger partial charge in [-0.1, -0.05) is 34.1 Å². The molecule has 0 rings (SSSR count). The van der Waals surface area contributed by atoms with Gasteiger partial charge in [0.2, 0.25) is 0 Å². The van der Waals surface area contributed by atoms with Gasteiger partial charge < -0.3 is 10.8 Å². The second kappa shape index (κ2) is 8.08. The summed E-state index contributed by atoms with van der Waals surface area (Å²) in [6.07, 6.45) is 2.10. The molecule has 0 fully saturated rings. The smallest absolute Gasteiger partial charge is 0.0601 e. The maximum absolute atomic E-state index is 9.39. The van der Waals surface area contributed by atoms with E-state index in [1.807, 2.05) is 0 Å². The predicted octanol–water partition coefficient (Wildman–Crippen LogP) is 1.45. The normalized spacial score (nSPS) is 17.8. The van der Waals surface area contributed by atoms with Crippen molar-refractivity contribution in [1.29, 1.82) is 0 Å². The van der Waals surface area contributed by atoms with Gasteiger partial charge in [0.05, 0.1) is 6.61 Å². The number of likely N-dealkylation sites (N-methyl/N-ethyl adjacent to an activating group) is 1. The molecule has 3 heteroatoms. The lowest BCUT2D eigenvalue weighted by atomic mass is 10.0. The Morgan fingerprint density at radius 3 is 2.13 bits per heavy atom. The Labute approximate surface area is 94.6 Å². The van der Waals surface area contributed by atoms with Gasteiger partial charge in [0.15, 0.2) is 0 Å². The van der Waals surface area contributed by atoms with Crippen LogP contribution in [-0.2, 0) is 0 Å². The summed E-state index contributed by atoms with van der Waals surface area (Å²) in [6.45, 7) is 10.8. The topological polar surface area (TPSA) is 49.5 Å². The van der Waals surface area contributed by atoms with E-state index in [1.54, 1.807) is 0 Å². The van der Waals surface area contributed by atoms with Crippen LogP contribution in [0, 0.1) is 5.92 Å². The van der Waals surface area contributed by atoms with Gasteiger partial charge in [0.1, 0.15) is 0 Å². The summed E-state index contributed by atoms with van der Waals surface area (Å²) >= 11 is 0. The van der Waals surface area contributed by atoms with Crippen molar-refractivity contribution in [1.82, 2.24) is 4.90 Å². The third-order valence-electron chi connectivity index (χ3n) is 3.27. The van der Waals surface area contributed by atoms with Gasteiger partial charge in [0.25, 0.3) is 0 Å². The lowest BCUT2D eigenvalue weighted by molar-refractivity contribution is 0.0942. The number of nitrogens with two attached hydrogens (primary N) is 1. The van der Waals surface area contributed by atoms with Crippen LogP contribution in [0.2, 0.25) is 0 Å². The average molecular weight is 216 g/mol. The first-order valence-corrected chi connectivity index (χ1v) is 6.21. The van der Waals surface area contributed by atoms with Gasteiger partial charge in [-0.15, -0.1) is 0 Å². The highest BCUT2D eigenvalue weighted by atomic mass is 16.3. The lowest BCUT2D eigenvalue weighted by Gasteiger charge is -2.34. The summed E-state index contributed by atoms with van der Waals surface area (Å²) in [5, 5.41) is 9.39. The molecule has 0 amide bonds. The van der Waals surface area contributed by atoms with E-state index in [2.05, 4.69) is 32.6 Å². The molecule has 0 radical (unpaired) electrons. The number of aliphatic hydroxyl groups is 1. The van der Waals surface area contributed by atoms with Crippen LogP contribution in [0.1, 0.15) is 40.5 Å². The van der Waals surface area contributed by atoms with Crippen molar-refractivity contribution in [2.24, 2.45) is 11.7 Å². The first-order valence-electron chi connectivity index (χ1n) is 6.21. The molecular weight excluding hydrogens is 188 g/mol. The molecule has 0 aliphatic heterocycles. The fourth-order valence-corrected chi connectivity index (χ4v) is 1.82. The van der Waals surface area contributed by atoms with Crippen molar-refractivity contribution in [3.8, 4) is 0 Å². The van der Waals surface area contributed by atoms with E-state index < -0.39 is 0 Å². The third-order valence-corrected chi connectivity index (χ3v) is 3.27. The summed E-state index contributed by atoms with van der Waals surface area (Å²) in [5.41, 5.74) is 6.02. The Balaban J connectivity index is 4.32. The number of hydrogen-bond acceptors (Lipinski definition) is 3. The van der Waals surface area contributed by atoms with E-state index in [9.17, 15) is 5.11 Å². The van der Waals surface area contributed by atoms with Gasteiger partial charge in [0, 0.05) is 18.6 Å². The van der Waals surface area contributed by atoms with Crippen LogP contribution in [0.5, 0.6) is 0 Å². The minimum absolute atomic E-state index is 0.0824. The van der Waals surface area contributed by atoms with E-state index in [1.165, 1.54) is 6.42 Å². The molecule has 92 valence electrons. The van der Waals surface area contributed by atoms with Crippen molar-refractivity contribution >= 4 is 0 Å². The van der Waals surface area contributed by atoms with E-state index in [-0.39, 0.29) is 18.7 Å². The first-order chi connectivity index (χ1) is 7.10. The lowest BCUT2D eigenvalue weighted by Crippen LogP contribution is -2.51. The number of aliphatic hydroxyl groups excluding tert-OH is 1. The maximum Gasteiger partial charge on any atom is 0.0601 e. The fourth-order valence-electron chi connectivity index (χ4n) is 1.82. The van der Waals surface area contributed by atoms with E-state index >= 15 is 0 Å². The van der Waals surface area contributed by atoms with Crippen molar-refractivity contribution < 1.29 is 5.11 Å². The van der Waals surface area contributed by atoms with Crippen LogP contribution in [-0.4, -0.2) is 41.8 Å². The summed E-state index contributed by atoms with van der Waals surface area (Å²) < 4.78 is 0. The Kier molecular flexibility index (Phi) is 8.02. The molecule has 0 aromatic rings. The highest BCUT2D eigenvalue weighted by molar-refractivity contribution is 4.81. The standard InChI is InChI=1S/C12H28N2O/c1-5-10(4)8-14(7-3)12(9-15)11(13)6-2/h10-12,15H,5-9,13H2,1-4H3. The fraction of sp³-hybridized carbons (Fsp3) is 1.00. The first kappa shape index (κ1) is 14.9. The van der Waals surface area contributed by atoms with Gasteiger partial charge in [-0.25, -0.2) is 0 Å². The molecule has 3 atom stereocenters. The molecule has 0 saturated carbocycles. The van der Waals surface area contributed by atoms with Crippen LogP contribution < -0.4 is 5.73 Å². The number of nitrogens with zero attached hydrogens (tertiary/aromatic N) is 1. The van der Waals surface area contributed by atoms with E-state index in [0.29, 0.717) is 5.92 Å². The van der Waals surface area contributed by atoms with Crippen LogP contribution >= 0.6 is 0 Å². The number of rotatable bonds is 8. The minimum Gasteiger partial charge on any atom is -0.395 e. The summed E-state index contributed by atoms with van der Waals surface area (Å²) in [7, 11) is 0. The third kappa shape index (κ3) is 4.96. The minimum atomic E-state index is 0.0824. The van der Waals surface area contributed by atoms with Crippen LogP contribution in [0.3, 0.4) is 0 Å². The Morgan fingerprint density at radius 1 is 1.20 bits per heavy atom. The quantitative estimate of drug-likeness (QED) is 0.646. The molecule has 0 bridgehead atoms. The number of hydrogen-bond donors (Lipinski definition) is 2. The molecule has 3 nitrogen and oxygen atoms in total. The Bertz CT molecular complexity index is 153. The second-order valence-corrected chi connectivity index (χ2v) is 4.42. The van der Waals surface area contributed by atoms with Gasteiger partial charge in [-0.3, -0.25) is 4.90 Å². The zero-order valence-corrected chi connectivity index (χ0v) is 10.7. The molecule has 3 N–H and O–H groups in total. The molecule has 0 aromatic carbocycles. The summed E-state index contributed by atoms with van der Waals surface area (Å²) in [4.78, 5) is 2.31. The van der Waals surface area contributed by atoms with Crippen molar-refractivity contribution in [2.75, 3.05) is 19.7 Å². The average Bonchev–Trinajstić information content (AvgIpc) is 2.27. The van der Waals surface area contributed by atoms with Gasteiger partial charge in [-0.2, -0.15) is 0 Å².